The standard InChI is InChI=1S/C10H16N4/c1-3-14(4-2)9-7-13-6-5-8(9)10(11)12/h5-7H,3-4H2,1-2H3,(H3,11,12). The van der Waals surface area contributed by atoms with Crippen molar-refractivity contribution in [3.8, 4) is 0 Å². The fourth-order valence-corrected chi connectivity index (χ4v) is 1.43. The molecule has 0 aromatic carbocycles. The molecule has 14 heavy (non-hydrogen) atoms. The van der Waals surface area contributed by atoms with E-state index in [-0.39, 0.29) is 5.84 Å². The van der Waals surface area contributed by atoms with Gasteiger partial charge in [-0.25, -0.2) is 0 Å². The molecule has 1 aromatic heterocycles. The second-order valence-electron chi connectivity index (χ2n) is 2.98. The van der Waals surface area contributed by atoms with Gasteiger partial charge in [0.2, 0.25) is 0 Å². The second kappa shape index (κ2) is 4.60. The molecule has 0 spiro atoms. The summed E-state index contributed by atoms with van der Waals surface area (Å²) in [5.74, 6) is 0.0919. The van der Waals surface area contributed by atoms with Gasteiger partial charge in [-0.2, -0.15) is 0 Å². The molecule has 0 aliphatic heterocycles. The molecule has 0 radical (unpaired) electrons. The summed E-state index contributed by atoms with van der Waals surface area (Å²) in [7, 11) is 0. The number of nitrogens with zero attached hydrogens (tertiary/aromatic N) is 2. The number of anilines is 1. The third kappa shape index (κ3) is 2.02. The van der Waals surface area contributed by atoms with E-state index in [9.17, 15) is 0 Å². The van der Waals surface area contributed by atoms with E-state index in [2.05, 4.69) is 23.7 Å². The molecule has 1 aromatic rings. The predicted molar refractivity (Wildman–Crippen MR) is 58.8 cm³/mol. The summed E-state index contributed by atoms with van der Waals surface area (Å²) >= 11 is 0. The van der Waals surface area contributed by atoms with Crippen LogP contribution in [0.15, 0.2) is 18.5 Å². The first-order valence-corrected chi connectivity index (χ1v) is 4.74. The van der Waals surface area contributed by atoms with Gasteiger partial charge in [0.05, 0.1) is 11.9 Å². The minimum absolute atomic E-state index is 0.0919. The van der Waals surface area contributed by atoms with Crippen LogP contribution in [0.5, 0.6) is 0 Å². The van der Waals surface area contributed by atoms with E-state index >= 15 is 0 Å². The van der Waals surface area contributed by atoms with Gasteiger partial charge in [-0.1, -0.05) is 0 Å². The molecule has 76 valence electrons. The van der Waals surface area contributed by atoms with Crippen LogP contribution in [0, 0.1) is 5.41 Å². The van der Waals surface area contributed by atoms with Gasteiger partial charge in [0, 0.05) is 24.8 Å². The molecule has 4 heteroatoms. The Morgan fingerprint density at radius 1 is 1.50 bits per heavy atom. The topological polar surface area (TPSA) is 66.0 Å². The number of hydrogen-bond acceptors (Lipinski definition) is 3. The van der Waals surface area contributed by atoms with E-state index in [0.29, 0.717) is 0 Å². The highest BCUT2D eigenvalue weighted by atomic mass is 15.1. The minimum Gasteiger partial charge on any atom is -0.384 e. The monoisotopic (exact) mass is 192 g/mol. The highest BCUT2D eigenvalue weighted by molar-refractivity contribution is 6.00. The summed E-state index contributed by atoms with van der Waals surface area (Å²) in [6.45, 7) is 5.92. The van der Waals surface area contributed by atoms with Crippen LogP contribution in [-0.2, 0) is 0 Å². The SMILES string of the molecule is CCN(CC)c1cnccc1C(=N)N. The average Bonchev–Trinajstić information content (AvgIpc) is 2.20. The van der Waals surface area contributed by atoms with Crippen LogP contribution in [0.2, 0.25) is 0 Å². The lowest BCUT2D eigenvalue weighted by atomic mass is 10.2. The van der Waals surface area contributed by atoms with Crippen molar-refractivity contribution in [3.05, 3.63) is 24.0 Å². The lowest BCUT2D eigenvalue weighted by molar-refractivity contribution is 0.861. The molecule has 3 N–H and O–H groups in total. The molecule has 0 amide bonds. The fourth-order valence-electron chi connectivity index (χ4n) is 1.43. The first kappa shape index (κ1) is 10.5. The lowest BCUT2D eigenvalue weighted by Gasteiger charge is -2.22. The number of rotatable bonds is 4. The molecular formula is C10H16N4. The zero-order valence-corrected chi connectivity index (χ0v) is 8.62. The van der Waals surface area contributed by atoms with Gasteiger partial charge < -0.3 is 10.6 Å². The molecular weight excluding hydrogens is 176 g/mol. The molecule has 0 unspecified atom stereocenters. The van der Waals surface area contributed by atoms with Crippen molar-refractivity contribution in [2.24, 2.45) is 5.73 Å². The Kier molecular flexibility index (Phi) is 3.45. The molecule has 0 saturated heterocycles. The maximum absolute atomic E-state index is 7.44. The summed E-state index contributed by atoms with van der Waals surface area (Å²) < 4.78 is 0. The summed E-state index contributed by atoms with van der Waals surface area (Å²) in [4.78, 5) is 6.18. The van der Waals surface area contributed by atoms with Gasteiger partial charge in [0.1, 0.15) is 5.84 Å². The normalized spacial score (nSPS) is 9.86. The van der Waals surface area contributed by atoms with Gasteiger partial charge in [-0.05, 0) is 19.9 Å². The number of amidine groups is 1. The molecule has 1 heterocycles. The quantitative estimate of drug-likeness (QED) is 0.556. The third-order valence-corrected chi connectivity index (χ3v) is 2.19. The number of pyridine rings is 1. The zero-order valence-electron chi connectivity index (χ0n) is 8.62. The smallest absolute Gasteiger partial charge is 0.125 e. The fraction of sp³-hybridized carbons (Fsp3) is 0.400. The van der Waals surface area contributed by atoms with Crippen LogP contribution in [-0.4, -0.2) is 23.9 Å². The lowest BCUT2D eigenvalue weighted by Crippen LogP contribution is -2.26. The number of nitrogens with two attached hydrogens (primary N) is 1. The van der Waals surface area contributed by atoms with E-state index < -0.39 is 0 Å². The second-order valence-corrected chi connectivity index (χ2v) is 2.98. The van der Waals surface area contributed by atoms with E-state index in [4.69, 9.17) is 11.1 Å². The van der Waals surface area contributed by atoms with E-state index in [1.807, 2.05) is 0 Å². The molecule has 0 saturated carbocycles. The first-order valence-electron chi connectivity index (χ1n) is 4.74. The summed E-state index contributed by atoms with van der Waals surface area (Å²) in [5, 5.41) is 7.44. The number of hydrogen-bond donors (Lipinski definition) is 2. The van der Waals surface area contributed by atoms with Crippen LogP contribution in [0.1, 0.15) is 19.4 Å². The Balaban J connectivity index is 3.11. The van der Waals surface area contributed by atoms with Crippen molar-refractivity contribution in [2.75, 3.05) is 18.0 Å². The zero-order chi connectivity index (χ0) is 10.6. The van der Waals surface area contributed by atoms with Crippen LogP contribution in [0.25, 0.3) is 0 Å². The van der Waals surface area contributed by atoms with E-state index in [0.717, 1.165) is 24.3 Å². The first-order chi connectivity index (χ1) is 6.70. The highest BCUT2D eigenvalue weighted by Crippen LogP contribution is 2.17. The third-order valence-electron chi connectivity index (χ3n) is 2.19. The van der Waals surface area contributed by atoms with Crippen molar-refractivity contribution in [1.82, 2.24) is 4.98 Å². The molecule has 0 aliphatic rings. The van der Waals surface area contributed by atoms with Crippen molar-refractivity contribution in [3.63, 3.8) is 0 Å². The molecule has 0 fully saturated rings. The van der Waals surface area contributed by atoms with Crippen LogP contribution in [0.4, 0.5) is 5.69 Å². The maximum Gasteiger partial charge on any atom is 0.125 e. The predicted octanol–water partition coefficient (Wildman–Crippen LogP) is 1.21. The summed E-state index contributed by atoms with van der Waals surface area (Å²) in [6, 6.07) is 1.77. The number of nitrogens with one attached hydrogen (secondary N) is 1. The van der Waals surface area contributed by atoms with Crippen molar-refractivity contribution in [2.45, 2.75) is 13.8 Å². The molecule has 0 aliphatic carbocycles. The largest absolute Gasteiger partial charge is 0.384 e. The van der Waals surface area contributed by atoms with Crippen molar-refractivity contribution >= 4 is 11.5 Å². The average molecular weight is 192 g/mol. The van der Waals surface area contributed by atoms with Gasteiger partial charge in [-0.15, -0.1) is 0 Å². The number of aromatic nitrogens is 1. The highest BCUT2D eigenvalue weighted by Gasteiger charge is 2.09. The Bertz CT molecular complexity index is 318. The van der Waals surface area contributed by atoms with E-state index in [1.165, 1.54) is 0 Å². The molecule has 0 atom stereocenters. The summed E-state index contributed by atoms with van der Waals surface area (Å²) in [6.07, 6.45) is 3.41. The Morgan fingerprint density at radius 2 is 2.14 bits per heavy atom. The van der Waals surface area contributed by atoms with Crippen LogP contribution in [0.3, 0.4) is 0 Å². The van der Waals surface area contributed by atoms with Gasteiger partial charge >= 0.3 is 0 Å². The van der Waals surface area contributed by atoms with E-state index in [1.54, 1.807) is 18.5 Å². The van der Waals surface area contributed by atoms with Gasteiger partial charge in [0.25, 0.3) is 0 Å². The molecule has 0 bridgehead atoms. The Labute approximate surface area is 84.3 Å². The minimum atomic E-state index is 0.0919. The summed E-state index contributed by atoms with van der Waals surface area (Å²) in [5.41, 5.74) is 7.18. The van der Waals surface area contributed by atoms with Crippen molar-refractivity contribution in [1.29, 1.82) is 5.41 Å². The number of nitrogen functional groups attached to an aromatic ring is 1. The Morgan fingerprint density at radius 3 is 2.64 bits per heavy atom. The van der Waals surface area contributed by atoms with Gasteiger partial charge in [-0.3, -0.25) is 10.4 Å². The van der Waals surface area contributed by atoms with Gasteiger partial charge in [0.15, 0.2) is 0 Å². The molecule has 4 nitrogen and oxygen atoms in total. The maximum atomic E-state index is 7.44. The van der Waals surface area contributed by atoms with Crippen molar-refractivity contribution < 1.29 is 0 Å². The Hall–Kier alpha value is -1.58. The molecule has 1 rings (SSSR count). The van der Waals surface area contributed by atoms with Crippen LogP contribution >= 0.6 is 0 Å². The van der Waals surface area contributed by atoms with Crippen LogP contribution < -0.4 is 10.6 Å².